The van der Waals surface area contributed by atoms with Crippen molar-refractivity contribution in [3.63, 3.8) is 0 Å². The SMILES string of the molecule is Cc1ccc(P(c2ccc(C)cc2)c2ccsc2C(C)C)cc1. The molecule has 0 unspecified atom stereocenters. The van der Waals surface area contributed by atoms with Crippen LogP contribution in [0.15, 0.2) is 60.0 Å². The van der Waals surface area contributed by atoms with Crippen LogP contribution in [0.1, 0.15) is 35.8 Å². The molecule has 3 rings (SSSR count). The van der Waals surface area contributed by atoms with Crippen molar-refractivity contribution in [2.75, 3.05) is 0 Å². The van der Waals surface area contributed by atoms with Crippen LogP contribution in [0.3, 0.4) is 0 Å². The number of benzene rings is 2. The molecule has 2 heteroatoms. The van der Waals surface area contributed by atoms with E-state index in [-0.39, 0.29) is 0 Å². The van der Waals surface area contributed by atoms with Crippen molar-refractivity contribution < 1.29 is 0 Å². The van der Waals surface area contributed by atoms with Crippen LogP contribution in [0.2, 0.25) is 0 Å². The van der Waals surface area contributed by atoms with Gasteiger partial charge >= 0.3 is 0 Å². The lowest BCUT2D eigenvalue weighted by atomic mass is 10.2. The molecule has 1 aromatic heterocycles. The van der Waals surface area contributed by atoms with Crippen molar-refractivity contribution in [1.82, 2.24) is 0 Å². The first-order chi connectivity index (χ1) is 11.1. The molecule has 0 saturated carbocycles. The summed E-state index contributed by atoms with van der Waals surface area (Å²) in [4.78, 5) is 1.53. The van der Waals surface area contributed by atoms with Gasteiger partial charge in [0.05, 0.1) is 0 Å². The summed E-state index contributed by atoms with van der Waals surface area (Å²) < 4.78 is 0. The Morgan fingerprint density at radius 2 is 1.22 bits per heavy atom. The fourth-order valence-corrected chi connectivity index (χ4v) is 6.54. The Hall–Kier alpha value is -1.43. The molecular formula is C21H23PS. The minimum absolute atomic E-state index is 0.477. The fraction of sp³-hybridized carbons (Fsp3) is 0.238. The molecule has 23 heavy (non-hydrogen) atoms. The van der Waals surface area contributed by atoms with Crippen molar-refractivity contribution in [2.45, 2.75) is 33.6 Å². The molecular weight excluding hydrogens is 315 g/mol. The van der Waals surface area contributed by atoms with Gasteiger partial charge in [-0.1, -0.05) is 73.5 Å². The summed E-state index contributed by atoms with van der Waals surface area (Å²) in [5.41, 5.74) is 2.64. The Morgan fingerprint density at radius 3 is 1.65 bits per heavy atom. The monoisotopic (exact) mass is 338 g/mol. The first-order valence-electron chi connectivity index (χ1n) is 8.07. The highest BCUT2D eigenvalue weighted by Gasteiger charge is 2.21. The third kappa shape index (κ3) is 3.57. The Morgan fingerprint density at radius 1 is 0.739 bits per heavy atom. The second kappa shape index (κ2) is 6.99. The van der Waals surface area contributed by atoms with Crippen molar-refractivity contribution in [3.05, 3.63) is 76.0 Å². The Bertz CT molecular complexity index is 721. The van der Waals surface area contributed by atoms with E-state index in [1.807, 2.05) is 11.3 Å². The highest BCUT2D eigenvalue weighted by Crippen LogP contribution is 2.38. The van der Waals surface area contributed by atoms with Gasteiger partial charge in [0.15, 0.2) is 0 Å². The number of hydrogen-bond donors (Lipinski definition) is 0. The van der Waals surface area contributed by atoms with Gasteiger partial charge in [-0.15, -0.1) is 11.3 Å². The molecule has 0 N–H and O–H groups in total. The molecule has 0 aliphatic carbocycles. The van der Waals surface area contributed by atoms with Crippen LogP contribution in [-0.4, -0.2) is 0 Å². The van der Waals surface area contributed by atoms with Crippen molar-refractivity contribution in [3.8, 4) is 0 Å². The zero-order valence-electron chi connectivity index (χ0n) is 14.2. The van der Waals surface area contributed by atoms with Gasteiger partial charge in [0.2, 0.25) is 0 Å². The van der Waals surface area contributed by atoms with Gasteiger partial charge in [-0.3, -0.25) is 0 Å². The molecule has 1 heterocycles. The van der Waals surface area contributed by atoms with Gasteiger partial charge in [-0.05, 0) is 55.0 Å². The van der Waals surface area contributed by atoms with Crippen LogP contribution >= 0.6 is 19.3 Å². The molecule has 2 aromatic carbocycles. The van der Waals surface area contributed by atoms with Crippen LogP contribution in [0.25, 0.3) is 0 Å². The summed E-state index contributed by atoms with van der Waals surface area (Å²) in [6.07, 6.45) is 0. The summed E-state index contributed by atoms with van der Waals surface area (Å²) >= 11 is 1.90. The van der Waals surface area contributed by atoms with Gasteiger partial charge in [0.25, 0.3) is 0 Å². The smallest absolute Gasteiger partial charge is 0.0154 e. The van der Waals surface area contributed by atoms with Gasteiger partial charge in [0.1, 0.15) is 0 Å². The summed E-state index contributed by atoms with van der Waals surface area (Å²) in [5.74, 6) is 0.575. The molecule has 0 amide bonds. The molecule has 0 nitrogen and oxygen atoms in total. The normalized spacial score (nSPS) is 11.4. The summed E-state index contributed by atoms with van der Waals surface area (Å²) in [7, 11) is -0.477. The lowest BCUT2D eigenvalue weighted by molar-refractivity contribution is 0.895. The quantitative estimate of drug-likeness (QED) is 0.570. The number of rotatable bonds is 4. The molecule has 0 radical (unpaired) electrons. The van der Waals surface area contributed by atoms with Crippen molar-refractivity contribution in [1.29, 1.82) is 0 Å². The van der Waals surface area contributed by atoms with E-state index in [0.717, 1.165) is 0 Å². The molecule has 118 valence electrons. The van der Waals surface area contributed by atoms with Crippen molar-refractivity contribution >= 4 is 35.2 Å². The second-order valence-corrected chi connectivity index (χ2v) is 9.46. The van der Waals surface area contributed by atoms with E-state index in [1.54, 1.807) is 0 Å². The van der Waals surface area contributed by atoms with Crippen LogP contribution in [0, 0.1) is 13.8 Å². The van der Waals surface area contributed by atoms with Gasteiger partial charge < -0.3 is 0 Å². The highest BCUT2D eigenvalue weighted by atomic mass is 32.1. The average molecular weight is 338 g/mol. The third-order valence-corrected chi connectivity index (χ3v) is 7.89. The van der Waals surface area contributed by atoms with Crippen molar-refractivity contribution in [2.24, 2.45) is 0 Å². The van der Waals surface area contributed by atoms with Crippen LogP contribution < -0.4 is 15.9 Å². The minimum Gasteiger partial charge on any atom is -0.148 e. The molecule has 0 aliphatic rings. The van der Waals surface area contributed by atoms with Crippen LogP contribution in [0.5, 0.6) is 0 Å². The van der Waals surface area contributed by atoms with E-state index in [4.69, 9.17) is 0 Å². The molecule has 0 aliphatic heterocycles. The second-order valence-electron chi connectivity index (χ2n) is 6.33. The Labute approximate surface area is 145 Å². The van der Waals surface area contributed by atoms with E-state index < -0.39 is 7.92 Å². The molecule has 0 fully saturated rings. The van der Waals surface area contributed by atoms with E-state index in [0.29, 0.717) is 5.92 Å². The Balaban J connectivity index is 2.15. The zero-order chi connectivity index (χ0) is 16.4. The number of hydrogen-bond acceptors (Lipinski definition) is 1. The van der Waals surface area contributed by atoms with E-state index in [1.165, 1.54) is 31.9 Å². The van der Waals surface area contributed by atoms with Gasteiger partial charge in [-0.2, -0.15) is 0 Å². The lowest BCUT2D eigenvalue weighted by Gasteiger charge is -2.21. The molecule has 3 aromatic rings. The lowest BCUT2D eigenvalue weighted by Crippen LogP contribution is -2.22. The van der Waals surface area contributed by atoms with E-state index >= 15 is 0 Å². The number of thiophene rings is 1. The zero-order valence-corrected chi connectivity index (χ0v) is 15.9. The van der Waals surface area contributed by atoms with E-state index in [9.17, 15) is 0 Å². The maximum atomic E-state index is 2.34. The molecule has 0 atom stereocenters. The van der Waals surface area contributed by atoms with Gasteiger partial charge in [-0.25, -0.2) is 0 Å². The highest BCUT2D eigenvalue weighted by molar-refractivity contribution is 7.80. The maximum Gasteiger partial charge on any atom is 0.0154 e. The number of aryl methyl sites for hydroxylation is 2. The van der Waals surface area contributed by atoms with Gasteiger partial charge in [0, 0.05) is 4.88 Å². The summed E-state index contributed by atoms with van der Waals surface area (Å²) in [5, 5.41) is 6.65. The van der Waals surface area contributed by atoms with Crippen LogP contribution in [0.4, 0.5) is 0 Å². The first kappa shape index (κ1) is 16.4. The van der Waals surface area contributed by atoms with E-state index in [2.05, 4.69) is 87.7 Å². The molecule has 0 bridgehead atoms. The van der Waals surface area contributed by atoms with Crippen LogP contribution in [-0.2, 0) is 0 Å². The standard InChI is InChI=1S/C21H23PS/c1-15(2)21-20(13-14-23-21)22(18-9-5-16(3)6-10-18)19-11-7-17(4)8-12-19/h5-15H,1-4H3. The maximum absolute atomic E-state index is 2.34. The fourth-order valence-electron chi connectivity index (χ4n) is 2.75. The Kier molecular flexibility index (Phi) is 4.99. The minimum atomic E-state index is -0.477. The summed E-state index contributed by atoms with van der Waals surface area (Å²) in [6.45, 7) is 8.91. The summed E-state index contributed by atoms with van der Waals surface area (Å²) in [6, 6.07) is 20.5. The predicted molar refractivity (Wildman–Crippen MR) is 107 cm³/mol. The first-order valence-corrected chi connectivity index (χ1v) is 10.3. The molecule has 0 saturated heterocycles. The predicted octanol–water partition coefficient (Wildman–Crippen LogP) is 5.25. The third-order valence-electron chi connectivity index (χ3n) is 4.02. The average Bonchev–Trinajstić information content (AvgIpc) is 3.01. The topological polar surface area (TPSA) is 0 Å². The molecule has 0 spiro atoms. The largest absolute Gasteiger partial charge is 0.148 e.